The lowest BCUT2D eigenvalue weighted by Crippen LogP contribution is -2.13. The molecule has 5 heteroatoms. The molecule has 24 heavy (non-hydrogen) atoms. The fourth-order valence-electron chi connectivity index (χ4n) is 2.01. The average Bonchev–Trinajstić information content (AvgIpc) is 2.55. The molecule has 0 radical (unpaired) electrons. The normalized spacial score (nSPS) is 11.0. The first-order chi connectivity index (χ1) is 11.5. The van der Waals surface area contributed by atoms with E-state index in [1.54, 1.807) is 24.3 Å². The van der Waals surface area contributed by atoms with Crippen molar-refractivity contribution in [1.29, 1.82) is 5.26 Å². The van der Waals surface area contributed by atoms with Gasteiger partial charge in [0, 0.05) is 11.3 Å². The van der Waals surface area contributed by atoms with Crippen molar-refractivity contribution in [3.05, 3.63) is 59.7 Å². The Morgan fingerprint density at radius 2 is 1.88 bits per heavy atom. The summed E-state index contributed by atoms with van der Waals surface area (Å²) in [5, 5.41) is 21.2. The molecule has 0 aliphatic heterocycles. The highest BCUT2D eigenvalue weighted by Crippen LogP contribution is 2.23. The number of benzene rings is 2. The first-order valence-corrected chi connectivity index (χ1v) is 7.47. The van der Waals surface area contributed by atoms with Gasteiger partial charge in [-0.2, -0.15) is 5.26 Å². The van der Waals surface area contributed by atoms with Gasteiger partial charge in [-0.1, -0.05) is 18.2 Å². The minimum atomic E-state index is -0.525. The molecule has 0 bridgehead atoms. The number of nitrogens with one attached hydrogen (secondary N) is 1. The van der Waals surface area contributed by atoms with Gasteiger partial charge in [0.2, 0.25) is 0 Å². The molecule has 0 aliphatic rings. The molecular formula is C19H18N2O3. The predicted octanol–water partition coefficient (Wildman–Crippen LogP) is 3.73. The fraction of sp³-hybridized carbons (Fsp3) is 0.158. The lowest BCUT2D eigenvalue weighted by Gasteiger charge is -2.12. The number of rotatable bonds is 5. The Morgan fingerprint density at radius 1 is 1.21 bits per heavy atom. The van der Waals surface area contributed by atoms with E-state index in [1.165, 1.54) is 18.2 Å². The van der Waals surface area contributed by atoms with Gasteiger partial charge in [-0.15, -0.1) is 0 Å². The summed E-state index contributed by atoms with van der Waals surface area (Å²) in [6.07, 6.45) is 1.48. The summed E-state index contributed by atoms with van der Waals surface area (Å²) in [7, 11) is 0. The van der Waals surface area contributed by atoms with Crippen molar-refractivity contribution in [2.75, 3.05) is 5.32 Å². The third-order valence-corrected chi connectivity index (χ3v) is 3.07. The number of phenolic OH excluding ortho intramolecular Hbond substituents is 1. The lowest BCUT2D eigenvalue weighted by molar-refractivity contribution is -0.112. The van der Waals surface area contributed by atoms with Crippen molar-refractivity contribution >= 4 is 17.7 Å². The van der Waals surface area contributed by atoms with Crippen LogP contribution in [0.15, 0.2) is 54.1 Å². The van der Waals surface area contributed by atoms with Crippen LogP contribution in [-0.4, -0.2) is 17.1 Å². The number of carbonyl (C=O) groups is 1. The number of ether oxygens (including phenoxy) is 1. The first-order valence-electron chi connectivity index (χ1n) is 7.47. The van der Waals surface area contributed by atoms with Crippen LogP contribution in [0.1, 0.15) is 19.4 Å². The maximum absolute atomic E-state index is 12.3. The molecule has 2 aromatic carbocycles. The molecule has 5 nitrogen and oxygen atoms in total. The maximum Gasteiger partial charge on any atom is 0.266 e. The van der Waals surface area contributed by atoms with Crippen molar-refractivity contribution in [3.63, 3.8) is 0 Å². The van der Waals surface area contributed by atoms with E-state index in [2.05, 4.69) is 5.32 Å². The van der Waals surface area contributed by atoms with Crippen LogP contribution in [-0.2, 0) is 4.79 Å². The van der Waals surface area contributed by atoms with E-state index in [0.29, 0.717) is 17.0 Å². The van der Waals surface area contributed by atoms with Crippen LogP contribution in [0.4, 0.5) is 5.69 Å². The van der Waals surface area contributed by atoms with Crippen LogP contribution in [0.25, 0.3) is 6.08 Å². The molecule has 0 heterocycles. The van der Waals surface area contributed by atoms with Crippen molar-refractivity contribution in [2.24, 2.45) is 0 Å². The third-order valence-electron chi connectivity index (χ3n) is 3.07. The number of nitrogens with zero attached hydrogens (tertiary/aromatic N) is 1. The topological polar surface area (TPSA) is 82.3 Å². The monoisotopic (exact) mass is 322 g/mol. The van der Waals surface area contributed by atoms with Gasteiger partial charge in [-0.05, 0) is 50.3 Å². The Bertz CT molecular complexity index is 787. The molecule has 2 aromatic rings. The molecule has 1 amide bonds. The Hall–Kier alpha value is -3.26. The van der Waals surface area contributed by atoms with Gasteiger partial charge in [0.1, 0.15) is 23.1 Å². The van der Waals surface area contributed by atoms with Crippen molar-refractivity contribution < 1.29 is 14.6 Å². The number of phenols is 1. The van der Waals surface area contributed by atoms with Crippen LogP contribution < -0.4 is 10.1 Å². The number of carbonyl (C=O) groups excluding carboxylic acids is 1. The number of hydrogen-bond acceptors (Lipinski definition) is 4. The second-order valence-corrected chi connectivity index (χ2v) is 5.38. The van der Waals surface area contributed by atoms with E-state index in [4.69, 9.17) is 4.74 Å². The van der Waals surface area contributed by atoms with Gasteiger partial charge in [-0.3, -0.25) is 4.79 Å². The number of para-hydroxylation sites is 1. The van der Waals surface area contributed by atoms with Gasteiger partial charge in [0.25, 0.3) is 5.91 Å². The molecule has 0 saturated carbocycles. The van der Waals surface area contributed by atoms with E-state index in [1.807, 2.05) is 32.0 Å². The summed E-state index contributed by atoms with van der Waals surface area (Å²) in [4.78, 5) is 12.3. The minimum absolute atomic E-state index is 0.0177. The van der Waals surface area contributed by atoms with Crippen LogP contribution in [0.2, 0.25) is 0 Å². The van der Waals surface area contributed by atoms with E-state index in [9.17, 15) is 15.2 Å². The molecule has 0 spiro atoms. The number of anilines is 1. The van der Waals surface area contributed by atoms with Crippen LogP contribution >= 0.6 is 0 Å². The predicted molar refractivity (Wildman–Crippen MR) is 92.5 cm³/mol. The summed E-state index contributed by atoms with van der Waals surface area (Å²) < 4.78 is 5.69. The SMILES string of the molecule is CC(C)Oc1ccccc1/C=C(\C#N)C(=O)Nc1ccc(O)cc1. The molecule has 0 saturated heterocycles. The fourth-order valence-corrected chi connectivity index (χ4v) is 2.01. The standard InChI is InChI=1S/C19H18N2O3/c1-13(2)24-18-6-4-3-5-14(18)11-15(12-20)19(23)21-16-7-9-17(22)10-8-16/h3-11,13,22H,1-2H3,(H,21,23)/b15-11+. The zero-order valence-corrected chi connectivity index (χ0v) is 13.5. The lowest BCUT2D eigenvalue weighted by atomic mass is 10.1. The van der Waals surface area contributed by atoms with Crippen molar-refractivity contribution in [1.82, 2.24) is 0 Å². The Kier molecular flexibility index (Phi) is 5.58. The maximum atomic E-state index is 12.3. The van der Waals surface area contributed by atoms with Gasteiger partial charge in [0.15, 0.2) is 0 Å². The van der Waals surface area contributed by atoms with Crippen LogP contribution in [0, 0.1) is 11.3 Å². The second kappa shape index (κ2) is 7.84. The van der Waals surface area contributed by atoms with Gasteiger partial charge < -0.3 is 15.2 Å². The highest BCUT2D eigenvalue weighted by atomic mass is 16.5. The van der Waals surface area contributed by atoms with E-state index in [-0.39, 0.29) is 17.4 Å². The number of hydrogen-bond donors (Lipinski definition) is 2. The van der Waals surface area contributed by atoms with Crippen LogP contribution in [0.3, 0.4) is 0 Å². The summed E-state index contributed by atoms with van der Waals surface area (Å²) in [6, 6.07) is 15.1. The molecular weight excluding hydrogens is 304 g/mol. The molecule has 0 fully saturated rings. The van der Waals surface area contributed by atoms with E-state index < -0.39 is 5.91 Å². The minimum Gasteiger partial charge on any atom is -0.508 e. The summed E-state index contributed by atoms with van der Waals surface area (Å²) >= 11 is 0. The summed E-state index contributed by atoms with van der Waals surface area (Å²) in [5.41, 5.74) is 1.11. The molecule has 0 aliphatic carbocycles. The van der Waals surface area contributed by atoms with Gasteiger partial charge in [-0.25, -0.2) is 0 Å². The van der Waals surface area contributed by atoms with E-state index in [0.717, 1.165) is 0 Å². The quantitative estimate of drug-likeness (QED) is 0.499. The van der Waals surface area contributed by atoms with Gasteiger partial charge in [0.05, 0.1) is 6.10 Å². The molecule has 0 aromatic heterocycles. The average molecular weight is 322 g/mol. The largest absolute Gasteiger partial charge is 0.508 e. The van der Waals surface area contributed by atoms with Gasteiger partial charge >= 0.3 is 0 Å². The first kappa shape index (κ1) is 17.1. The Morgan fingerprint density at radius 3 is 2.50 bits per heavy atom. The highest BCUT2D eigenvalue weighted by Gasteiger charge is 2.11. The van der Waals surface area contributed by atoms with Crippen LogP contribution in [0.5, 0.6) is 11.5 Å². The smallest absolute Gasteiger partial charge is 0.266 e. The summed E-state index contributed by atoms with van der Waals surface area (Å²) in [6.45, 7) is 3.81. The van der Waals surface area contributed by atoms with Crippen molar-refractivity contribution in [2.45, 2.75) is 20.0 Å². The highest BCUT2D eigenvalue weighted by molar-refractivity contribution is 6.09. The van der Waals surface area contributed by atoms with Crippen molar-refractivity contribution in [3.8, 4) is 17.6 Å². The molecule has 0 unspecified atom stereocenters. The molecule has 0 atom stereocenters. The van der Waals surface area contributed by atoms with E-state index >= 15 is 0 Å². The zero-order chi connectivity index (χ0) is 17.5. The molecule has 122 valence electrons. The number of nitriles is 1. The Balaban J connectivity index is 2.24. The third kappa shape index (κ3) is 4.62. The second-order valence-electron chi connectivity index (χ2n) is 5.38. The summed E-state index contributed by atoms with van der Waals surface area (Å²) in [5.74, 6) is 0.184. The molecule has 2 N–H and O–H groups in total. The number of amides is 1. The Labute approximate surface area is 140 Å². The zero-order valence-electron chi connectivity index (χ0n) is 13.5. The number of aromatic hydroxyl groups is 1. The molecule has 2 rings (SSSR count).